The number of hydrogen-bond acceptors (Lipinski definition) is 2. The third-order valence-electron chi connectivity index (χ3n) is 0.988. The van der Waals surface area contributed by atoms with E-state index in [-0.39, 0.29) is 0 Å². The average molecular weight is 155 g/mol. The summed E-state index contributed by atoms with van der Waals surface area (Å²) >= 11 is 1.66. The highest BCUT2D eigenvalue weighted by molar-refractivity contribution is 8.17. The molecule has 0 bridgehead atoms. The molecule has 0 atom stereocenters. The maximum Gasteiger partial charge on any atom is 0.0744 e. The van der Waals surface area contributed by atoms with Crippen LogP contribution in [0.25, 0.3) is 0 Å². The Morgan fingerprint density at radius 1 is 1.50 bits per heavy atom. The zero-order valence-corrected chi connectivity index (χ0v) is 7.53. The van der Waals surface area contributed by atoms with Crippen LogP contribution in [-0.4, -0.2) is 5.04 Å². The first kappa shape index (κ1) is 9.50. The number of rotatable bonds is 2. The van der Waals surface area contributed by atoms with Gasteiger partial charge in [-0.2, -0.15) is 0 Å². The number of hydrogen-bond donors (Lipinski definition) is 0. The largest absolute Gasteiger partial charge is 0.255 e. The molecule has 0 amide bonds. The zero-order valence-electron chi connectivity index (χ0n) is 6.72. The zero-order chi connectivity index (χ0) is 7.98. The second kappa shape index (κ2) is 5.30. The molecule has 0 rings (SSSR count). The predicted octanol–water partition coefficient (Wildman–Crippen LogP) is 3.21. The first-order valence-corrected chi connectivity index (χ1v) is 3.98. The molecule has 1 nitrogen and oxygen atoms in total. The maximum atomic E-state index is 4.02. The van der Waals surface area contributed by atoms with Gasteiger partial charge in [-0.3, -0.25) is 4.99 Å². The van der Waals surface area contributed by atoms with Crippen molar-refractivity contribution < 1.29 is 0 Å². The van der Waals surface area contributed by atoms with Gasteiger partial charge >= 0.3 is 0 Å². The van der Waals surface area contributed by atoms with Gasteiger partial charge in [0.1, 0.15) is 0 Å². The van der Waals surface area contributed by atoms with Crippen molar-refractivity contribution in [2.24, 2.45) is 4.99 Å². The molecule has 0 fully saturated rings. The summed E-state index contributed by atoms with van der Waals surface area (Å²) in [6.07, 6.45) is 3.62. The van der Waals surface area contributed by atoms with E-state index >= 15 is 0 Å². The smallest absolute Gasteiger partial charge is 0.0744 e. The minimum Gasteiger partial charge on any atom is -0.255 e. The SMILES string of the molecule is C=CN=C(C)S/C(C)=C/C. The third kappa shape index (κ3) is 4.39. The lowest BCUT2D eigenvalue weighted by molar-refractivity contribution is 1.58. The molecule has 0 N–H and O–H groups in total. The summed E-state index contributed by atoms with van der Waals surface area (Å²) < 4.78 is 0. The minimum atomic E-state index is 1.03. The van der Waals surface area contributed by atoms with Crippen molar-refractivity contribution in [3.8, 4) is 0 Å². The molecule has 0 heterocycles. The molecule has 0 aromatic heterocycles. The van der Waals surface area contributed by atoms with Crippen LogP contribution in [0.3, 0.4) is 0 Å². The van der Waals surface area contributed by atoms with Crippen LogP contribution in [0, 0.1) is 0 Å². The molecule has 0 radical (unpaired) electrons. The molecule has 0 aromatic rings. The van der Waals surface area contributed by atoms with Crippen LogP contribution in [0.2, 0.25) is 0 Å². The van der Waals surface area contributed by atoms with Gasteiger partial charge in [0.25, 0.3) is 0 Å². The fourth-order valence-electron chi connectivity index (χ4n) is 0.447. The van der Waals surface area contributed by atoms with Gasteiger partial charge in [0, 0.05) is 6.20 Å². The van der Waals surface area contributed by atoms with Crippen molar-refractivity contribution in [2.75, 3.05) is 0 Å². The highest BCUT2D eigenvalue weighted by Gasteiger charge is 1.90. The average Bonchev–Trinajstić information content (AvgIpc) is 1.88. The van der Waals surface area contributed by atoms with Crippen molar-refractivity contribution in [2.45, 2.75) is 20.8 Å². The Morgan fingerprint density at radius 2 is 2.10 bits per heavy atom. The van der Waals surface area contributed by atoms with E-state index in [1.807, 2.05) is 13.8 Å². The summed E-state index contributed by atoms with van der Waals surface area (Å²) in [5.41, 5.74) is 0. The number of allylic oxidation sites excluding steroid dienone is 2. The fraction of sp³-hybridized carbons (Fsp3) is 0.375. The van der Waals surface area contributed by atoms with E-state index in [0.717, 1.165) is 5.04 Å². The molecule has 2 heteroatoms. The van der Waals surface area contributed by atoms with Crippen molar-refractivity contribution in [3.63, 3.8) is 0 Å². The van der Waals surface area contributed by atoms with Crippen LogP contribution < -0.4 is 0 Å². The van der Waals surface area contributed by atoms with E-state index < -0.39 is 0 Å². The van der Waals surface area contributed by atoms with E-state index in [1.165, 1.54) is 4.91 Å². The second-order valence-corrected chi connectivity index (χ2v) is 3.27. The second-order valence-electron chi connectivity index (χ2n) is 1.83. The van der Waals surface area contributed by atoms with E-state index in [2.05, 4.69) is 24.6 Å². The Hall–Kier alpha value is -0.500. The van der Waals surface area contributed by atoms with Crippen molar-refractivity contribution in [3.05, 3.63) is 23.8 Å². The van der Waals surface area contributed by atoms with E-state index in [0.29, 0.717) is 0 Å². The number of aliphatic imine (C=N–C) groups is 1. The number of nitrogens with zero attached hydrogens (tertiary/aromatic N) is 1. The van der Waals surface area contributed by atoms with Gasteiger partial charge in [0.05, 0.1) is 5.04 Å². The Balaban J connectivity index is 3.90. The van der Waals surface area contributed by atoms with Gasteiger partial charge in [-0.1, -0.05) is 24.4 Å². The van der Waals surface area contributed by atoms with Gasteiger partial charge in [-0.15, -0.1) is 0 Å². The minimum absolute atomic E-state index is 1.03. The summed E-state index contributed by atoms with van der Waals surface area (Å²) in [6, 6.07) is 0. The normalized spacial score (nSPS) is 13.5. The highest BCUT2D eigenvalue weighted by atomic mass is 32.2. The predicted molar refractivity (Wildman–Crippen MR) is 50.3 cm³/mol. The first-order chi connectivity index (χ1) is 4.70. The third-order valence-corrected chi connectivity index (χ3v) is 1.95. The van der Waals surface area contributed by atoms with Crippen LogP contribution in [-0.2, 0) is 0 Å². The highest BCUT2D eigenvalue weighted by Crippen LogP contribution is 2.15. The summed E-state index contributed by atoms with van der Waals surface area (Å²) in [6.45, 7) is 9.56. The van der Waals surface area contributed by atoms with Crippen molar-refractivity contribution in [1.82, 2.24) is 0 Å². The quantitative estimate of drug-likeness (QED) is 0.440. The maximum absolute atomic E-state index is 4.02. The molecule has 0 saturated carbocycles. The summed E-state index contributed by atoms with van der Waals surface area (Å²) in [4.78, 5) is 5.28. The monoisotopic (exact) mass is 155 g/mol. The molecule has 10 heavy (non-hydrogen) atoms. The van der Waals surface area contributed by atoms with Gasteiger partial charge in [-0.05, 0) is 25.7 Å². The molecule has 56 valence electrons. The molecule has 0 aliphatic rings. The number of thioether (sulfide) groups is 1. The van der Waals surface area contributed by atoms with Gasteiger partial charge in [-0.25, -0.2) is 0 Å². The van der Waals surface area contributed by atoms with Crippen LogP contribution in [0.15, 0.2) is 28.8 Å². The van der Waals surface area contributed by atoms with Crippen LogP contribution in [0.5, 0.6) is 0 Å². The summed E-state index contributed by atoms with van der Waals surface area (Å²) in [7, 11) is 0. The van der Waals surface area contributed by atoms with Gasteiger partial charge < -0.3 is 0 Å². The van der Waals surface area contributed by atoms with Gasteiger partial charge in [0.2, 0.25) is 0 Å². The topological polar surface area (TPSA) is 12.4 Å². The lowest BCUT2D eigenvalue weighted by Gasteiger charge is -1.96. The Bertz CT molecular complexity index is 168. The van der Waals surface area contributed by atoms with Crippen LogP contribution in [0.1, 0.15) is 20.8 Å². The molecule has 0 spiro atoms. The van der Waals surface area contributed by atoms with Gasteiger partial charge in [0.15, 0.2) is 0 Å². The lowest BCUT2D eigenvalue weighted by Crippen LogP contribution is -1.80. The Labute approximate surface area is 66.9 Å². The van der Waals surface area contributed by atoms with Crippen molar-refractivity contribution >= 4 is 16.8 Å². The standard InChI is InChI=1S/C8H13NS/c1-5-7(3)10-8(4)9-6-2/h5-6H,2H2,1,3-4H3/b7-5+,9-8?. The van der Waals surface area contributed by atoms with Crippen LogP contribution in [0.4, 0.5) is 0 Å². The molecule has 0 aliphatic carbocycles. The van der Waals surface area contributed by atoms with Crippen molar-refractivity contribution in [1.29, 1.82) is 0 Å². The Kier molecular flexibility index (Phi) is 5.03. The Morgan fingerprint density at radius 3 is 2.50 bits per heavy atom. The molecular weight excluding hydrogens is 142 g/mol. The molecule has 0 aliphatic heterocycles. The molecular formula is C8H13NS. The summed E-state index contributed by atoms with van der Waals surface area (Å²) in [5.74, 6) is 0. The van der Waals surface area contributed by atoms with E-state index in [4.69, 9.17) is 0 Å². The first-order valence-electron chi connectivity index (χ1n) is 3.16. The molecule has 0 saturated heterocycles. The molecule has 0 unspecified atom stereocenters. The lowest BCUT2D eigenvalue weighted by atomic mass is 10.6. The van der Waals surface area contributed by atoms with E-state index in [9.17, 15) is 0 Å². The van der Waals surface area contributed by atoms with Crippen LogP contribution >= 0.6 is 11.8 Å². The molecule has 0 aromatic carbocycles. The summed E-state index contributed by atoms with van der Waals surface area (Å²) in [5, 5.41) is 1.03. The fourth-order valence-corrected chi connectivity index (χ4v) is 1.16. The van der Waals surface area contributed by atoms with E-state index in [1.54, 1.807) is 18.0 Å².